The molecule has 0 aromatic carbocycles. The van der Waals surface area contributed by atoms with Gasteiger partial charge in [0.15, 0.2) is 16.4 Å². The molecule has 0 saturated carbocycles. The van der Waals surface area contributed by atoms with Gasteiger partial charge in [0.2, 0.25) is 0 Å². The summed E-state index contributed by atoms with van der Waals surface area (Å²) in [6, 6.07) is 0. The number of aliphatic hydroxyl groups is 1. The molecule has 0 heterocycles. The number of nitrogens with one attached hydrogen (secondary N) is 1. The number of ether oxygens (including phenoxy) is 2. The van der Waals surface area contributed by atoms with Crippen LogP contribution in [0.5, 0.6) is 0 Å². The van der Waals surface area contributed by atoms with Crippen LogP contribution in [0.2, 0.25) is 0 Å². The third-order valence-electron chi connectivity index (χ3n) is 4.98. The molecule has 0 aliphatic rings. The summed E-state index contributed by atoms with van der Waals surface area (Å²) in [5, 5.41) is 4.38. The van der Waals surface area contributed by atoms with Crippen LogP contribution in [0, 0.1) is 0 Å². The van der Waals surface area contributed by atoms with Crippen molar-refractivity contribution in [2.75, 3.05) is 32.8 Å². The third kappa shape index (κ3) is 16.7. The van der Waals surface area contributed by atoms with E-state index in [1.807, 2.05) is 0 Å². The Labute approximate surface area is 192 Å². The molecule has 0 rings (SSSR count). The van der Waals surface area contributed by atoms with Crippen LogP contribution < -0.4 is 4.90 Å². The van der Waals surface area contributed by atoms with Gasteiger partial charge in [-0.15, -0.1) is 0 Å². The van der Waals surface area contributed by atoms with Gasteiger partial charge in [0, 0.05) is 0 Å². The molecule has 194 valence electrons. The Balaban J connectivity index is 0. The number of alkyl halides is 2. The van der Waals surface area contributed by atoms with Crippen molar-refractivity contribution in [1.29, 1.82) is 0 Å². The standard InChI is InChI=1S/C15H28F2O7S.C6H15N/c1-2-3-4-5-6-7-8-9-10-13(18)23-11-12-24-14(19)15(16,17)25(20,21)22;1-4-7(5-2)6-3/h13,18H,2-12H2,1H3,(H,20,21,22);4-6H2,1-3H3/t13-;/m1./s1. The van der Waals surface area contributed by atoms with Gasteiger partial charge in [-0.2, -0.15) is 8.78 Å². The minimum atomic E-state index is -6.13. The van der Waals surface area contributed by atoms with Crippen molar-refractivity contribution in [3.05, 3.63) is 0 Å². The summed E-state index contributed by atoms with van der Waals surface area (Å²) in [7, 11) is -6.13. The molecule has 0 aromatic rings. The minimum absolute atomic E-state index is 0.355. The highest BCUT2D eigenvalue weighted by Gasteiger charge is 2.48. The molecule has 0 fully saturated rings. The molecule has 0 saturated heterocycles. The van der Waals surface area contributed by atoms with Gasteiger partial charge in [0.1, 0.15) is 6.61 Å². The zero-order valence-electron chi connectivity index (χ0n) is 20.0. The van der Waals surface area contributed by atoms with Crippen molar-refractivity contribution >= 4 is 16.1 Å². The SMILES string of the molecule is CCCCCCCCCC[C@H](O)OCCOC(=O)C(F)(F)S(=O)(=O)[O-].CC[NH+](CC)CC. The molecule has 32 heavy (non-hydrogen) atoms. The maximum absolute atomic E-state index is 12.8. The first kappa shape index (κ1) is 33.3. The largest absolute Gasteiger partial charge is 0.743 e. The lowest BCUT2D eigenvalue weighted by molar-refractivity contribution is -0.894. The zero-order valence-corrected chi connectivity index (χ0v) is 20.9. The molecule has 0 spiro atoms. The maximum atomic E-state index is 12.8. The van der Waals surface area contributed by atoms with Gasteiger partial charge in [-0.3, -0.25) is 0 Å². The Morgan fingerprint density at radius 2 is 1.41 bits per heavy atom. The highest BCUT2D eigenvalue weighted by atomic mass is 32.2. The fraction of sp³-hybridized carbons (Fsp3) is 0.952. The molecule has 1 atom stereocenters. The van der Waals surface area contributed by atoms with Gasteiger partial charge >= 0.3 is 11.2 Å². The second kappa shape index (κ2) is 19.6. The number of carbonyl (C=O) groups excluding carboxylic acids is 1. The lowest BCUT2D eigenvalue weighted by Crippen LogP contribution is -3.11. The quantitative estimate of drug-likeness (QED) is 0.131. The molecule has 0 radical (unpaired) electrons. The number of rotatable bonds is 18. The lowest BCUT2D eigenvalue weighted by Gasteiger charge is -2.18. The number of esters is 1. The van der Waals surface area contributed by atoms with Crippen LogP contribution in [-0.4, -0.2) is 68.4 Å². The van der Waals surface area contributed by atoms with E-state index in [0.717, 1.165) is 25.7 Å². The number of unbranched alkanes of at least 4 members (excludes halogenated alkanes) is 7. The van der Waals surface area contributed by atoms with E-state index in [2.05, 4.69) is 32.4 Å². The number of hydrogen-bond donors (Lipinski definition) is 2. The fourth-order valence-corrected chi connectivity index (χ4v) is 3.05. The summed E-state index contributed by atoms with van der Waals surface area (Å²) in [6.45, 7) is 11.6. The zero-order chi connectivity index (χ0) is 25.0. The van der Waals surface area contributed by atoms with Gasteiger partial charge in [-0.25, -0.2) is 13.2 Å². The molecular formula is C21H43F2NO7S. The molecule has 0 aliphatic heterocycles. The van der Waals surface area contributed by atoms with Crippen LogP contribution in [-0.2, 0) is 24.4 Å². The van der Waals surface area contributed by atoms with E-state index in [9.17, 15) is 31.7 Å². The van der Waals surface area contributed by atoms with Crippen molar-refractivity contribution in [3.63, 3.8) is 0 Å². The van der Waals surface area contributed by atoms with E-state index < -0.39 is 34.2 Å². The average Bonchev–Trinajstić information content (AvgIpc) is 2.73. The van der Waals surface area contributed by atoms with Crippen molar-refractivity contribution < 1.29 is 46.0 Å². The number of quaternary nitrogens is 1. The van der Waals surface area contributed by atoms with Crippen LogP contribution in [0.15, 0.2) is 0 Å². The van der Waals surface area contributed by atoms with Gasteiger partial charge < -0.3 is 24.0 Å². The van der Waals surface area contributed by atoms with Crippen LogP contribution in [0.25, 0.3) is 0 Å². The van der Waals surface area contributed by atoms with Gasteiger partial charge in [-0.05, 0) is 33.6 Å². The number of aliphatic hydroxyl groups excluding tert-OH is 1. The molecule has 0 bridgehead atoms. The van der Waals surface area contributed by atoms with E-state index in [-0.39, 0.29) is 6.61 Å². The Morgan fingerprint density at radius 1 is 0.938 bits per heavy atom. The van der Waals surface area contributed by atoms with Crippen LogP contribution in [0.1, 0.15) is 85.5 Å². The van der Waals surface area contributed by atoms with E-state index in [4.69, 9.17) is 4.74 Å². The average molecular weight is 492 g/mol. The molecule has 8 nitrogen and oxygen atoms in total. The number of hydrogen-bond acceptors (Lipinski definition) is 7. The van der Waals surface area contributed by atoms with Gasteiger partial charge in [0.05, 0.1) is 26.2 Å². The number of halogens is 2. The monoisotopic (exact) mass is 491 g/mol. The fourth-order valence-electron chi connectivity index (χ4n) is 2.79. The number of carbonyl (C=O) groups is 1. The Morgan fingerprint density at radius 3 is 1.81 bits per heavy atom. The molecule has 0 amide bonds. The van der Waals surface area contributed by atoms with Gasteiger partial charge in [-0.1, -0.05) is 51.9 Å². The topological polar surface area (TPSA) is 117 Å². The molecule has 0 aliphatic carbocycles. The van der Waals surface area contributed by atoms with Crippen molar-refractivity contribution in [2.45, 2.75) is 97.0 Å². The molecule has 2 N–H and O–H groups in total. The van der Waals surface area contributed by atoms with Crippen molar-refractivity contribution in [1.82, 2.24) is 0 Å². The highest BCUT2D eigenvalue weighted by Crippen LogP contribution is 2.21. The van der Waals surface area contributed by atoms with Gasteiger partial charge in [0.25, 0.3) is 0 Å². The second-order valence-corrected chi connectivity index (χ2v) is 8.93. The van der Waals surface area contributed by atoms with Crippen molar-refractivity contribution in [3.8, 4) is 0 Å². The lowest BCUT2D eigenvalue weighted by atomic mass is 10.1. The summed E-state index contributed by atoms with van der Waals surface area (Å²) >= 11 is 0. The van der Waals surface area contributed by atoms with Crippen molar-refractivity contribution in [2.24, 2.45) is 0 Å². The molecular weight excluding hydrogens is 448 g/mol. The van der Waals surface area contributed by atoms with Crippen LogP contribution >= 0.6 is 0 Å². The summed E-state index contributed by atoms with van der Waals surface area (Å²) in [5.41, 5.74) is 0. The minimum Gasteiger partial charge on any atom is -0.743 e. The Bertz CT molecular complexity index is 553. The Kier molecular flexibility index (Phi) is 20.4. The van der Waals surface area contributed by atoms with E-state index in [1.54, 1.807) is 4.90 Å². The predicted molar refractivity (Wildman–Crippen MR) is 117 cm³/mol. The normalized spacial score (nSPS) is 12.9. The van der Waals surface area contributed by atoms with E-state index in [1.165, 1.54) is 45.3 Å². The summed E-state index contributed by atoms with van der Waals surface area (Å²) < 4.78 is 65.0. The summed E-state index contributed by atoms with van der Waals surface area (Å²) in [4.78, 5) is 12.5. The molecule has 0 aromatic heterocycles. The van der Waals surface area contributed by atoms with Crippen LogP contribution in [0.3, 0.4) is 0 Å². The predicted octanol–water partition coefficient (Wildman–Crippen LogP) is 2.46. The van der Waals surface area contributed by atoms with E-state index in [0.29, 0.717) is 6.42 Å². The first-order valence-electron chi connectivity index (χ1n) is 11.6. The third-order valence-corrected chi connectivity index (χ3v) is 5.78. The molecule has 11 heteroatoms. The summed E-state index contributed by atoms with van der Waals surface area (Å²) in [5.74, 6) is -2.45. The first-order chi connectivity index (χ1) is 15.0. The van der Waals surface area contributed by atoms with Crippen LogP contribution in [0.4, 0.5) is 8.78 Å². The second-order valence-electron chi connectivity index (χ2n) is 7.51. The Hall–Kier alpha value is -0.880. The maximum Gasteiger partial charge on any atom is 0.428 e. The first-order valence-corrected chi connectivity index (χ1v) is 13.0. The highest BCUT2D eigenvalue weighted by molar-refractivity contribution is 7.87. The molecule has 0 unspecified atom stereocenters. The smallest absolute Gasteiger partial charge is 0.428 e. The summed E-state index contributed by atoms with van der Waals surface area (Å²) in [6.07, 6.45) is 7.98. The van der Waals surface area contributed by atoms with E-state index >= 15 is 0 Å².